The Labute approximate surface area is 103 Å². The van der Waals surface area contributed by atoms with E-state index in [4.69, 9.17) is 0 Å². The predicted molar refractivity (Wildman–Crippen MR) is 71.6 cm³/mol. The van der Waals surface area contributed by atoms with E-state index in [0.717, 1.165) is 19.7 Å². The molecule has 5 heteroatoms. The fraction of sp³-hybridized carbons (Fsp3) is 0.333. The number of thiophene rings is 1. The lowest BCUT2D eigenvalue weighted by atomic mass is 10.3. The second-order valence-corrected chi connectivity index (χ2v) is 4.64. The average molecular weight is 293 g/mol. The molecule has 0 amide bonds. The maximum Gasteiger partial charge on any atom is 0.128 e. The van der Waals surface area contributed by atoms with E-state index in [1.807, 2.05) is 20.8 Å². The van der Waals surface area contributed by atoms with Gasteiger partial charge in [0.1, 0.15) is 11.2 Å². The molecule has 0 aliphatic rings. The third-order valence-corrected chi connectivity index (χ3v) is 3.04. The minimum absolute atomic E-state index is 0. The maximum atomic E-state index is 4.14. The van der Waals surface area contributed by atoms with Crippen molar-refractivity contribution in [3.05, 3.63) is 21.9 Å². The summed E-state index contributed by atoms with van der Waals surface area (Å²) in [6.07, 6.45) is 1.60. The Kier molecular flexibility index (Phi) is 6.31. The monoisotopic (exact) mass is 292 g/mol. The molecule has 2 rings (SSSR count). The number of hydrogen-bond donors (Lipinski definition) is 0. The zero-order chi connectivity index (χ0) is 9.84. The molecule has 0 aromatic carbocycles. The summed E-state index contributed by atoms with van der Waals surface area (Å²) in [5, 5.41) is 1.14. The van der Waals surface area contributed by atoms with E-state index in [2.05, 4.69) is 32.0 Å². The number of aryl methyl sites for hydroxylation is 1. The Morgan fingerprint density at radius 3 is 2.50 bits per heavy atom. The van der Waals surface area contributed by atoms with Crippen molar-refractivity contribution in [1.82, 2.24) is 9.97 Å². The van der Waals surface area contributed by atoms with Crippen molar-refractivity contribution in [2.45, 2.75) is 20.8 Å². The molecular formula is C9H13BrN2S2. The molecule has 0 aliphatic carbocycles. The highest BCUT2D eigenvalue weighted by Crippen LogP contribution is 2.28. The normalized spacial score (nSPS) is 8.86. The SMILES string of the molecule is CC.Cc1ncnc2sc(Br)cc12.S. The highest BCUT2D eigenvalue weighted by atomic mass is 79.9. The van der Waals surface area contributed by atoms with Gasteiger partial charge in [0.25, 0.3) is 0 Å². The minimum Gasteiger partial charge on any atom is -0.241 e. The lowest BCUT2D eigenvalue weighted by Gasteiger charge is -1.89. The van der Waals surface area contributed by atoms with Gasteiger partial charge in [-0.1, -0.05) is 13.8 Å². The van der Waals surface area contributed by atoms with Crippen LogP contribution in [0.1, 0.15) is 19.5 Å². The van der Waals surface area contributed by atoms with Crippen LogP contribution in [0, 0.1) is 6.92 Å². The van der Waals surface area contributed by atoms with Gasteiger partial charge >= 0.3 is 0 Å². The summed E-state index contributed by atoms with van der Waals surface area (Å²) >= 11 is 5.04. The highest BCUT2D eigenvalue weighted by molar-refractivity contribution is 9.11. The molecule has 0 fully saturated rings. The first-order valence-corrected chi connectivity index (χ1v) is 5.75. The van der Waals surface area contributed by atoms with Crippen LogP contribution >= 0.6 is 40.8 Å². The van der Waals surface area contributed by atoms with Gasteiger partial charge in [-0.3, -0.25) is 0 Å². The summed E-state index contributed by atoms with van der Waals surface area (Å²) in [5.74, 6) is 0. The van der Waals surface area contributed by atoms with Crippen molar-refractivity contribution in [3.8, 4) is 0 Å². The summed E-state index contributed by atoms with van der Waals surface area (Å²) in [5.41, 5.74) is 1.04. The first-order valence-electron chi connectivity index (χ1n) is 4.14. The zero-order valence-electron chi connectivity index (χ0n) is 8.34. The summed E-state index contributed by atoms with van der Waals surface area (Å²) in [6.45, 7) is 5.99. The number of fused-ring (bicyclic) bond motifs is 1. The summed E-state index contributed by atoms with van der Waals surface area (Å²) in [7, 11) is 0. The number of hydrogen-bond acceptors (Lipinski definition) is 3. The second-order valence-electron chi connectivity index (χ2n) is 2.23. The van der Waals surface area contributed by atoms with E-state index in [9.17, 15) is 0 Å². The average Bonchev–Trinajstić information content (AvgIpc) is 2.51. The molecule has 14 heavy (non-hydrogen) atoms. The standard InChI is InChI=1S/C7H5BrN2S.C2H6.H2S/c1-4-5-2-6(8)11-7(5)10-3-9-4;1-2;/h2-3H,1H3;1-2H3;1H2. The summed E-state index contributed by atoms with van der Waals surface area (Å²) in [4.78, 5) is 9.28. The van der Waals surface area contributed by atoms with Gasteiger partial charge < -0.3 is 0 Å². The highest BCUT2D eigenvalue weighted by Gasteiger charge is 2.02. The molecule has 0 saturated heterocycles. The van der Waals surface area contributed by atoms with Crippen molar-refractivity contribution in [2.24, 2.45) is 0 Å². The zero-order valence-corrected chi connectivity index (χ0v) is 11.7. The van der Waals surface area contributed by atoms with E-state index in [0.29, 0.717) is 0 Å². The van der Waals surface area contributed by atoms with Crippen molar-refractivity contribution < 1.29 is 0 Å². The third-order valence-electron chi connectivity index (χ3n) is 1.50. The summed E-state index contributed by atoms with van der Waals surface area (Å²) < 4.78 is 1.11. The van der Waals surface area contributed by atoms with Gasteiger partial charge in [-0.05, 0) is 28.9 Å². The number of rotatable bonds is 0. The quantitative estimate of drug-likeness (QED) is 0.736. The molecule has 2 aromatic heterocycles. The number of nitrogens with zero attached hydrogens (tertiary/aromatic N) is 2. The van der Waals surface area contributed by atoms with Crippen LogP contribution < -0.4 is 0 Å². The molecule has 0 unspecified atom stereocenters. The number of aromatic nitrogens is 2. The lowest BCUT2D eigenvalue weighted by molar-refractivity contribution is 1.16. The van der Waals surface area contributed by atoms with Crippen LogP contribution in [-0.4, -0.2) is 9.97 Å². The van der Waals surface area contributed by atoms with E-state index in [-0.39, 0.29) is 13.5 Å². The Morgan fingerprint density at radius 1 is 1.29 bits per heavy atom. The largest absolute Gasteiger partial charge is 0.241 e. The number of halogens is 1. The van der Waals surface area contributed by atoms with Crippen LogP contribution in [-0.2, 0) is 0 Å². The molecule has 0 saturated carbocycles. The fourth-order valence-electron chi connectivity index (χ4n) is 0.945. The molecule has 78 valence electrons. The summed E-state index contributed by atoms with van der Waals surface area (Å²) in [6, 6.07) is 2.05. The molecule has 0 spiro atoms. The molecule has 0 bridgehead atoms. The van der Waals surface area contributed by atoms with Gasteiger partial charge in [0.2, 0.25) is 0 Å². The first kappa shape index (κ1) is 13.9. The van der Waals surface area contributed by atoms with E-state index < -0.39 is 0 Å². The van der Waals surface area contributed by atoms with Crippen molar-refractivity contribution in [2.75, 3.05) is 0 Å². The Balaban J connectivity index is 0.000000531. The topological polar surface area (TPSA) is 25.8 Å². The van der Waals surface area contributed by atoms with Crippen LogP contribution in [0.5, 0.6) is 0 Å². The van der Waals surface area contributed by atoms with Gasteiger partial charge in [-0.15, -0.1) is 11.3 Å². The van der Waals surface area contributed by atoms with Crippen LogP contribution in [0.4, 0.5) is 0 Å². The molecule has 2 heterocycles. The van der Waals surface area contributed by atoms with Crippen LogP contribution in [0.15, 0.2) is 16.2 Å². The Hall–Kier alpha value is -0.130. The van der Waals surface area contributed by atoms with E-state index >= 15 is 0 Å². The molecule has 2 aromatic rings. The maximum absolute atomic E-state index is 4.14. The Morgan fingerprint density at radius 2 is 1.93 bits per heavy atom. The van der Waals surface area contributed by atoms with Crippen molar-refractivity contribution in [1.29, 1.82) is 0 Å². The predicted octanol–water partition coefficient (Wildman–Crippen LogP) is 3.90. The van der Waals surface area contributed by atoms with Crippen LogP contribution in [0.25, 0.3) is 10.2 Å². The fourth-order valence-corrected chi connectivity index (χ4v) is 2.41. The van der Waals surface area contributed by atoms with E-state index in [1.54, 1.807) is 17.7 Å². The second kappa shape index (κ2) is 6.37. The minimum atomic E-state index is 0. The van der Waals surface area contributed by atoms with E-state index in [1.165, 1.54) is 0 Å². The molecule has 2 nitrogen and oxygen atoms in total. The molecule has 0 radical (unpaired) electrons. The Bertz CT molecular complexity index is 401. The smallest absolute Gasteiger partial charge is 0.128 e. The van der Waals surface area contributed by atoms with Gasteiger partial charge in [0.05, 0.1) is 3.79 Å². The first-order chi connectivity index (χ1) is 6.27. The lowest BCUT2D eigenvalue weighted by Crippen LogP contribution is -1.81. The van der Waals surface area contributed by atoms with Gasteiger partial charge in [-0.2, -0.15) is 13.5 Å². The molecule has 0 atom stereocenters. The van der Waals surface area contributed by atoms with Gasteiger partial charge in [0, 0.05) is 11.1 Å². The van der Waals surface area contributed by atoms with Crippen molar-refractivity contribution in [3.63, 3.8) is 0 Å². The molecule has 0 N–H and O–H groups in total. The van der Waals surface area contributed by atoms with Gasteiger partial charge in [0.15, 0.2) is 0 Å². The van der Waals surface area contributed by atoms with Gasteiger partial charge in [-0.25, -0.2) is 9.97 Å². The van der Waals surface area contributed by atoms with Crippen LogP contribution in [0.3, 0.4) is 0 Å². The molecule has 0 aliphatic heterocycles. The van der Waals surface area contributed by atoms with Crippen LogP contribution in [0.2, 0.25) is 0 Å². The van der Waals surface area contributed by atoms with Crippen molar-refractivity contribution >= 4 is 51.0 Å². The molecular weight excluding hydrogens is 280 g/mol. The third kappa shape index (κ3) is 2.93.